The fourth-order valence-corrected chi connectivity index (χ4v) is 1.74. The van der Waals surface area contributed by atoms with Crippen molar-refractivity contribution < 1.29 is 9.59 Å². The van der Waals surface area contributed by atoms with Gasteiger partial charge in [-0.3, -0.25) is 9.59 Å². The van der Waals surface area contributed by atoms with Crippen molar-refractivity contribution in [1.82, 2.24) is 4.90 Å². The van der Waals surface area contributed by atoms with E-state index in [1.54, 1.807) is 29.2 Å². The first-order valence-electron chi connectivity index (χ1n) is 6.27. The van der Waals surface area contributed by atoms with E-state index in [1.165, 1.54) is 0 Å². The zero-order chi connectivity index (χ0) is 14.1. The number of Topliss-reactive ketones (excluding diaryl/α,β-unsaturated/α-hetero) is 1. The summed E-state index contributed by atoms with van der Waals surface area (Å²) in [6, 6.07) is 9.02. The molecular formula is C16H19NO2. The van der Waals surface area contributed by atoms with Gasteiger partial charge in [0.25, 0.3) is 0 Å². The van der Waals surface area contributed by atoms with E-state index in [4.69, 9.17) is 0 Å². The summed E-state index contributed by atoms with van der Waals surface area (Å²) in [5.41, 5.74) is 0.647. The Bertz CT molecular complexity index is 441. The molecule has 1 rings (SSSR count). The highest BCUT2D eigenvalue weighted by molar-refractivity contribution is 5.97. The first kappa shape index (κ1) is 14.9. The number of rotatable bonds is 8. The highest BCUT2D eigenvalue weighted by Gasteiger charge is 2.13. The molecule has 0 saturated carbocycles. The lowest BCUT2D eigenvalue weighted by Gasteiger charge is -2.18. The smallest absolute Gasteiger partial charge is 0.223 e. The third-order valence-corrected chi connectivity index (χ3v) is 2.71. The monoisotopic (exact) mass is 257 g/mol. The number of amides is 1. The number of benzene rings is 1. The van der Waals surface area contributed by atoms with Gasteiger partial charge in [-0.1, -0.05) is 42.5 Å². The van der Waals surface area contributed by atoms with E-state index in [-0.39, 0.29) is 24.5 Å². The Morgan fingerprint density at radius 3 is 2.11 bits per heavy atom. The average Bonchev–Trinajstić information content (AvgIpc) is 2.45. The second kappa shape index (κ2) is 8.03. The molecule has 0 spiro atoms. The third kappa shape index (κ3) is 4.92. The van der Waals surface area contributed by atoms with Crippen LogP contribution in [0.5, 0.6) is 0 Å². The van der Waals surface area contributed by atoms with Crippen LogP contribution in [-0.2, 0) is 4.79 Å². The molecule has 0 heterocycles. The fourth-order valence-electron chi connectivity index (χ4n) is 1.74. The number of ketones is 1. The molecule has 0 unspecified atom stereocenters. The van der Waals surface area contributed by atoms with Gasteiger partial charge in [-0.15, -0.1) is 13.2 Å². The van der Waals surface area contributed by atoms with Crippen LogP contribution in [0.1, 0.15) is 23.2 Å². The van der Waals surface area contributed by atoms with Gasteiger partial charge in [0.05, 0.1) is 0 Å². The number of carbonyl (C=O) groups excluding carboxylic acids is 2. The molecule has 3 nitrogen and oxygen atoms in total. The molecule has 0 aliphatic carbocycles. The molecule has 1 amide bonds. The van der Waals surface area contributed by atoms with E-state index in [0.717, 1.165) is 0 Å². The van der Waals surface area contributed by atoms with Crippen LogP contribution < -0.4 is 0 Å². The van der Waals surface area contributed by atoms with Crippen molar-refractivity contribution in [2.24, 2.45) is 0 Å². The Morgan fingerprint density at radius 1 is 1.00 bits per heavy atom. The molecule has 0 bridgehead atoms. The minimum Gasteiger partial charge on any atom is -0.335 e. The van der Waals surface area contributed by atoms with Crippen LogP contribution in [0, 0.1) is 0 Å². The van der Waals surface area contributed by atoms with Crippen molar-refractivity contribution in [3.63, 3.8) is 0 Å². The molecule has 0 aliphatic rings. The lowest BCUT2D eigenvalue weighted by atomic mass is 10.1. The molecule has 0 N–H and O–H groups in total. The number of nitrogens with zero attached hydrogens (tertiary/aromatic N) is 1. The number of hydrogen-bond donors (Lipinski definition) is 0. The SMILES string of the molecule is C=CCN(CC=C)C(=O)CCC(=O)c1ccccc1. The summed E-state index contributed by atoms with van der Waals surface area (Å²) in [7, 11) is 0. The molecule has 0 fully saturated rings. The molecule has 0 radical (unpaired) electrons. The molecule has 0 atom stereocenters. The minimum absolute atomic E-state index is 0.00824. The van der Waals surface area contributed by atoms with Crippen LogP contribution in [0.4, 0.5) is 0 Å². The Kier molecular flexibility index (Phi) is 6.30. The van der Waals surface area contributed by atoms with Crippen LogP contribution in [0.25, 0.3) is 0 Å². The fraction of sp³-hybridized carbons (Fsp3) is 0.250. The van der Waals surface area contributed by atoms with Crippen molar-refractivity contribution in [1.29, 1.82) is 0 Å². The van der Waals surface area contributed by atoms with Gasteiger partial charge < -0.3 is 4.90 Å². The second-order valence-corrected chi connectivity index (χ2v) is 4.17. The first-order chi connectivity index (χ1) is 9.19. The lowest BCUT2D eigenvalue weighted by molar-refractivity contribution is -0.130. The maximum absolute atomic E-state index is 11.9. The molecule has 0 aromatic heterocycles. The molecule has 19 heavy (non-hydrogen) atoms. The molecule has 0 aliphatic heterocycles. The summed E-state index contributed by atoms with van der Waals surface area (Å²) in [6.45, 7) is 8.18. The highest BCUT2D eigenvalue weighted by atomic mass is 16.2. The minimum atomic E-state index is -0.0518. The Morgan fingerprint density at radius 2 is 1.58 bits per heavy atom. The standard InChI is InChI=1S/C16H19NO2/c1-3-12-17(13-4-2)16(19)11-10-15(18)14-8-6-5-7-9-14/h3-9H,1-2,10-13H2. The van der Waals surface area contributed by atoms with E-state index < -0.39 is 0 Å². The summed E-state index contributed by atoms with van der Waals surface area (Å²) >= 11 is 0. The van der Waals surface area contributed by atoms with Gasteiger partial charge in [0.1, 0.15) is 0 Å². The van der Waals surface area contributed by atoms with E-state index in [2.05, 4.69) is 13.2 Å². The molecule has 1 aromatic carbocycles. The summed E-state index contributed by atoms with van der Waals surface area (Å²) in [5.74, 6) is -0.0600. The lowest BCUT2D eigenvalue weighted by Crippen LogP contribution is -2.31. The molecule has 0 saturated heterocycles. The third-order valence-electron chi connectivity index (χ3n) is 2.71. The van der Waals surface area contributed by atoms with Gasteiger partial charge in [-0.2, -0.15) is 0 Å². The Hall–Kier alpha value is -2.16. The first-order valence-corrected chi connectivity index (χ1v) is 6.27. The van der Waals surface area contributed by atoms with Gasteiger partial charge in [-0.25, -0.2) is 0 Å². The Labute approximate surface area is 114 Å². The van der Waals surface area contributed by atoms with Gasteiger partial charge in [0.2, 0.25) is 5.91 Å². The van der Waals surface area contributed by atoms with Crippen LogP contribution in [-0.4, -0.2) is 29.7 Å². The summed E-state index contributed by atoms with van der Waals surface area (Å²) in [5, 5.41) is 0. The summed E-state index contributed by atoms with van der Waals surface area (Å²) in [4.78, 5) is 25.4. The normalized spacial score (nSPS) is 9.68. The van der Waals surface area contributed by atoms with Crippen LogP contribution in [0.2, 0.25) is 0 Å². The van der Waals surface area contributed by atoms with Crippen molar-refractivity contribution >= 4 is 11.7 Å². The topological polar surface area (TPSA) is 37.4 Å². The largest absolute Gasteiger partial charge is 0.335 e. The van der Waals surface area contributed by atoms with Crippen molar-refractivity contribution in [2.75, 3.05) is 13.1 Å². The van der Waals surface area contributed by atoms with Crippen molar-refractivity contribution in [3.8, 4) is 0 Å². The van der Waals surface area contributed by atoms with Gasteiger partial charge >= 0.3 is 0 Å². The van der Waals surface area contributed by atoms with E-state index in [1.807, 2.05) is 18.2 Å². The predicted octanol–water partition coefficient (Wildman–Crippen LogP) is 2.85. The second-order valence-electron chi connectivity index (χ2n) is 4.17. The van der Waals surface area contributed by atoms with Crippen LogP contribution >= 0.6 is 0 Å². The van der Waals surface area contributed by atoms with Crippen LogP contribution in [0.15, 0.2) is 55.6 Å². The van der Waals surface area contributed by atoms with Gasteiger partial charge in [0, 0.05) is 31.5 Å². The molecule has 3 heteroatoms. The zero-order valence-electron chi connectivity index (χ0n) is 11.0. The predicted molar refractivity (Wildman–Crippen MR) is 77.0 cm³/mol. The van der Waals surface area contributed by atoms with E-state index in [0.29, 0.717) is 18.7 Å². The highest BCUT2D eigenvalue weighted by Crippen LogP contribution is 2.07. The van der Waals surface area contributed by atoms with Crippen molar-refractivity contribution in [2.45, 2.75) is 12.8 Å². The maximum Gasteiger partial charge on any atom is 0.223 e. The number of carbonyl (C=O) groups is 2. The van der Waals surface area contributed by atoms with E-state index in [9.17, 15) is 9.59 Å². The molecule has 100 valence electrons. The van der Waals surface area contributed by atoms with Crippen LogP contribution in [0.3, 0.4) is 0 Å². The van der Waals surface area contributed by atoms with Gasteiger partial charge in [-0.05, 0) is 0 Å². The maximum atomic E-state index is 11.9. The number of hydrogen-bond acceptors (Lipinski definition) is 2. The van der Waals surface area contributed by atoms with Crippen molar-refractivity contribution in [3.05, 3.63) is 61.2 Å². The summed E-state index contributed by atoms with van der Waals surface area (Å²) < 4.78 is 0. The molecular weight excluding hydrogens is 238 g/mol. The molecule has 1 aromatic rings. The average molecular weight is 257 g/mol. The van der Waals surface area contributed by atoms with Gasteiger partial charge in [0.15, 0.2) is 5.78 Å². The van der Waals surface area contributed by atoms with E-state index >= 15 is 0 Å². The quantitative estimate of drug-likeness (QED) is 0.530. The zero-order valence-corrected chi connectivity index (χ0v) is 11.0. The Balaban J connectivity index is 2.51. The summed E-state index contributed by atoms with van der Waals surface area (Å²) in [6.07, 6.45) is 3.78.